The maximum Gasteiger partial charge on any atom is 0.248 e. The monoisotopic (exact) mass is 390 g/mol. The SMILES string of the molecule is Cc1sc(N(CC2CCC(F)(F)CC2)c2ccc(C#N)cc2)nc1NC=O. The molecule has 0 radical (unpaired) electrons. The molecule has 8 heteroatoms. The van der Waals surface area contributed by atoms with E-state index in [1.54, 1.807) is 12.1 Å². The van der Waals surface area contributed by atoms with Crippen LogP contribution >= 0.6 is 11.3 Å². The maximum absolute atomic E-state index is 13.5. The number of benzene rings is 1. The molecule has 1 aliphatic rings. The number of halogens is 2. The van der Waals surface area contributed by atoms with E-state index in [2.05, 4.69) is 16.4 Å². The molecular weight excluding hydrogens is 370 g/mol. The van der Waals surface area contributed by atoms with Gasteiger partial charge in [0.05, 0.1) is 11.6 Å². The van der Waals surface area contributed by atoms with Crippen LogP contribution in [0.5, 0.6) is 0 Å². The number of hydrogen-bond acceptors (Lipinski definition) is 5. The van der Waals surface area contributed by atoms with Gasteiger partial charge in [-0.15, -0.1) is 0 Å². The number of alkyl halides is 2. The third-order valence-corrected chi connectivity index (χ3v) is 5.79. The lowest BCUT2D eigenvalue weighted by Gasteiger charge is -2.32. The van der Waals surface area contributed by atoms with E-state index in [0.717, 1.165) is 10.6 Å². The predicted octanol–water partition coefficient (Wildman–Crippen LogP) is 4.86. The predicted molar refractivity (Wildman–Crippen MR) is 102 cm³/mol. The molecule has 0 atom stereocenters. The van der Waals surface area contributed by atoms with Gasteiger partial charge < -0.3 is 10.2 Å². The van der Waals surface area contributed by atoms with E-state index >= 15 is 0 Å². The van der Waals surface area contributed by atoms with Crippen LogP contribution in [0.4, 0.5) is 25.4 Å². The van der Waals surface area contributed by atoms with Gasteiger partial charge >= 0.3 is 0 Å². The number of rotatable bonds is 6. The average molecular weight is 390 g/mol. The lowest BCUT2D eigenvalue weighted by atomic mass is 9.86. The van der Waals surface area contributed by atoms with Gasteiger partial charge in [-0.25, -0.2) is 13.8 Å². The number of nitriles is 1. The van der Waals surface area contributed by atoms with Gasteiger partial charge in [-0.3, -0.25) is 4.79 Å². The fourth-order valence-corrected chi connectivity index (χ4v) is 4.14. The summed E-state index contributed by atoms with van der Waals surface area (Å²) in [5.74, 6) is -1.93. The molecule has 142 valence electrons. The zero-order valence-electron chi connectivity index (χ0n) is 14.9. The van der Waals surface area contributed by atoms with E-state index in [1.807, 2.05) is 24.0 Å². The minimum absolute atomic E-state index is 0.0896. The molecule has 1 heterocycles. The topological polar surface area (TPSA) is 69.0 Å². The van der Waals surface area contributed by atoms with Crippen molar-refractivity contribution in [2.24, 2.45) is 5.92 Å². The van der Waals surface area contributed by atoms with Crippen molar-refractivity contribution in [1.82, 2.24) is 4.98 Å². The van der Waals surface area contributed by atoms with Gasteiger partial charge in [0, 0.05) is 30.0 Å². The van der Waals surface area contributed by atoms with E-state index in [1.165, 1.54) is 11.3 Å². The Morgan fingerprint density at radius 3 is 2.63 bits per heavy atom. The normalized spacial score (nSPS) is 16.5. The van der Waals surface area contributed by atoms with Crippen LogP contribution in [0.25, 0.3) is 0 Å². The van der Waals surface area contributed by atoms with Crippen molar-refractivity contribution in [3.05, 3.63) is 34.7 Å². The third-order valence-electron chi connectivity index (χ3n) is 4.80. The Hall–Kier alpha value is -2.53. The summed E-state index contributed by atoms with van der Waals surface area (Å²) in [6, 6.07) is 9.20. The maximum atomic E-state index is 13.5. The van der Waals surface area contributed by atoms with Crippen LogP contribution in [-0.4, -0.2) is 23.9 Å². The number of aryl methyl sites for hydroxylation is 1. The number of nitrogens with one attached hydrogen (secondary N) is 1. The van der Waals surface area contributed by atoms with Gasteiger partial charge in [-0.1, -0.05) is 11.3 Å². The van der Waals surface area contributed by atoms with Crippen molar-refractivity contribution >= 4 is 34.4 Å². The van der Waals surface area contributed by atoms with E-state index in [-0.39, 0.29) is 18.8 Å². The van der Waals surface area contributed by atoms with Crippen LogP contribution in [0.2, 0.25) is 0 Å². The summed E-state index contributed by atoms with van der Waals surface area (Å²) in [6.07, 6.45) is 1.33. The minimum atomic E-state index is -2.56. The highest BCUT2D eigenvalue weighted by Crippen LogP contribution is 2.39. The van der Waals surface area contributed by atoms with Gasteiger partial charge in [0.15, 0.2) is 5.13 Å². The molecule has 1 fully saturated rings. The molecule has 0 saturated heterocycles. The molecule has 3 rings (SSSR count). The number of nitrogens with zero attached hydrogens (tertiary/aromatic N) is 3. The minimum Gasteiger partial charge on any atom is -0.317 e. The Morgan fingerprint density at radius 2 is 2.04 bits per heavy atom. The number of carbonyl (C=O) groups excluding carboxylic acids is 1. The Balaban J connectivity index is 1.87. The molecule has 5 nitrogen and oxygen atoms in total. The molecule has 1 amide bonds. The van der Waals surface area contributed by atoms with E-state index in [0.29, 0.717) is 42.3 Å². The third kappa shape index (κ3) is 4.61. The largest absolute Gasteiger partial charge is 0.317 e. The van der Waals surface area contributed by atoms with Crippen molar-refractivity contribution in [3.63, 3.8) is 0 Å². The van der Waals surface area contributed by atoms with Crippen molar-refractivity contribution in [2.75, 3.05) is 16.8 Å². The molecule has 1 aromatic heterocycles. The van der Waals surface area contributed by atoms with E-state index in [9.17, 15) is 13.6 Å². The van der Waals surface area contributed by atoms with Crippen LogP contribution in [0, 0.1) is 24.2 Å². The standard InChI is InChI=1S/C19H20F2N4OS/c1-13-17(23-12-26)24-18(27-13)25(16-4-2-14(10-22)3-5-16)11-15-6-8-19(20,21)9-7-15/h2-5,12,15H,6-9,11H2,1H3,(H,23,26). The van der Waals surface area contributed by atoms with E-state index < -0.39 is 5.92 Å². The van der Waals surface area contributed by atoms with Crippen LogP contribution in [-0.2, 0) is 4.79 Å². The Labute approximate surface area is 160 Å². The highest BCUT2D eigenvalue weighted by atomic mass is 32.1. The quantitative estimate of drug-likeness (QED) is 0.716. The summed E-state index contributed by atoms with van der Waals surface area (Å²) in [7, 11) is 0. The summed E-state index contributed by atoms with van der Waals surface area (Å²) < 4.78 is 27.0. The number of amides is 1. The number of aromatic nitrogens is 1. The van der Waals surface area contributed by atoms with Gasteiger partial charge in [-0.2, -0.15) is 5.26 Å². The number of thiazole rings is 1. The molecule has 1 saturated carbocycles. The summed E-state index contributed by atoms with van der Waals surface area (Å²) in [6.45, 7) is 2.43. The zero-order valence-corrected chi connectivity index (χ0v) is 15.7. The molecule has 0 spiro atoms. The number of anilines is 3. The highest BCUT2D eigenvalue weighted by molar-refractivity contribution is 7.16. The summed E-state index contributed by atoms with van der Waals surface area (Å²) in [4.78, 5) is 18.1. The van der Waals surface area contributed by atoms with Crippen molar-refractivity contribution < 1.29 is 13.6 Å². The summed E-state index contributed by atoms with van der Waals surface area (Å²) >= 11 is 1.44. The number of hydrogen-bond donors (Lipinski definition) is 1. The Kier molecular flexibility index (Phi) is 5.71. The first-order valence-electron chi connectivity index (χ1n) is 8.75. The van der Waals surface area contributed by atoms with Crippen LogP contribution in [0.3, 0.4) is 0 Å². The van der Waals surface area contributed by atoms with Gasteiger partial charge in [0.2, 0.25) is 12.3 Å². The second kappa shape index (κ2) is 8.01. The molecule has 2 aromatic rings. The average Bonchev–Trinajstić information content (AvgIpc) is 3.02. The number of carbonyl (C=O) groups is 1. The molecule has 0 unspecified atom stereocenters. The first kappa shape index (κ1) is 19.2. The van der Waals surface area contributed by atoms with Crippen molar-refractivity contribution in [1.29, 1.82) is 5.26 Å². The Morgan fingerprint density at radius 1 is 1.37 bits per heavy atom. The first-order chi connectivity index (χ1) is 12.9. The molecule has 1 aromatic carbocycles. The molecule has 27 heavy (non-hydrogen) atoms. The van der Waals surface area contributed by atoms with Crippen LogP contribution in [0.1, 0.15) is 36.1 Å². The summed E-state index contributed by atoms with van der Waals surface area (Å²) in [5.41, 5.74) is 1.40. The van der Waals surface area contributed by atoms with Crippen molar-refractivity contribution in [2.45, 2.75) is 38.5 Å². The van der Waals surface area contributed by atoms with Gasteiger partial charge in [0.1, 0.15) is 5.82 Å². The van der Waals surface area contributed by atoms with Crippen molar-refractivity contribution in [3.8, 4) is 6.07 Å². The van der Waals surface area contributed by atoms with Gasteiger partial charge in [-0.05, 0) is 49.9 Å². The fraction of sp³-hybridized carbons (Fsp3) is 0.421. The fourth-order valence-electron chi connectivity index (χ4n) is 3.24. The van der Waals surface area contributed by atoms with Gasteiger partial charge in [0.25, 0.3) is 0 Å². The lowest BCUT2D eigenvalue weighted by molar-refractivity contribution is -0.105. The molecule has 1 aliphatic carbocycles. The van der Waals surface area contributed by atoms with E-state index in [4.69, 9.17) is 5.26 Å². The zero-order chi connectivity index (χ0) is 19.4. The molecular formula is C19H20F2N4OS. The van der Waals surface area contributed by atoms with Crippen LogP contribution in [0.15, 0.2) is 24.3 Å². The second-order valence-corrected chi connectivity index (χ2v) is 7.91. The molecule has 0 aliphatic heterocycles. The van der Waals surface area contributed by atoms with Crippen LogP contribution < -0.4 is 10.2 Å². The molecule has 0 bridgehead atoms. The summed E-state index contributed by atoms with van der Waals surface area (Å²) in [5, 5.41) is 12.3. The highest BCUT2D eigenvalue weighted by Gasteiger charge is 2.35. The second-order valence-electron chi connectivity index (χ2n) is 6.73. The smallest absolute Gasteiger partial charge is 0.248 e. The first-order valence-corrected chi connectivity index (χ1v) is 9.56. The Bertz CT molecular complexity index is 834. The lowest BCUT2D eigenvalue weighted by Crippen LogP contribution is -2.31. The molecule has 1 N–H and O–H groups in total.